The number of carbonyl (C=O) groups is 4. The molecule has 102 heavy (non-hydrogen) atoms. The van der Waals surface area contributed by atoms with E-state index in [2.05, 4.69) is 48.5 Å². The van der Waals surface area contributed by atoms with Crippen LogP contribution >= 0.6 is 15.6 Å². The average molecular weight is 1490 g/mol. The Morgan fingerprint density at radius 2 is 0.500 bits per heavy atom. The van der Waals surface area contributed by atoms with E-state index in [0.717, 1.165) is 108 Å². The summed E-state index contributed by atoms with van der Waals surface area (Å²) in [5, 5.41) is 10.7. The van der Waals surface area contributed by atoms with Gasteiger partial charge in [0.1, 0.15) is 19.3 Å². The first-order valence-electron chi connectivity index (χ1n) is 42.9. The molecule has 0 aliphatic rings. The zero-order valence-electron chi connectivity index (χ0n) is 67.1. The van der Waals surface area contributed by atoms with E-state index in [1.54, 1.807) is 0 Å². The molecule has 0 radical (unpaired) electrons. The zero-order valence-corrected chi connectivity index (χ0v) is 68.9. The first kappa shape index (κ1) is 100. The minimum Gasteiger partial charge on any atom is -0.462 e. The maximum atomic E-state index is 13.1. The quantitative estimate of drug-likeness (QED) is 0.0222. The summed E-state index contributed by atoms with van der Waals surface area (Å²) in [4.78, 5) is 73.1. The molecular formula is C83H162O17P2. The van der Waals surface area contributed by atoms with Gasteiger partial charge in [0.2, 0.25) is 0 Å². The van der Waals surface area contributed by atoms with Crippen LogP contribution in [0.2, 0.25) is 0 Å². The number of hydrogen-bond acceptors (Lipinski definition) is 15. The standard InChI is InChI=1S/C83H162O17P2/c1-8-10-11-12-13-14-15-16-17-18-19-20-24-30-35-43-50-57-64-80(85)93-70-78(99-82(87)66-59-52-45-36-31-25-22-21-23-29-34-42-49-56-63-76(7)9-2)72-97-101(89,90)95-68-77(84)69-96-102(91,92)98-73-79(71-94-81(86)65-58-51-44-39-38-41-48-55-62-75(5)6)100-83(88)67-60-53-46-37-32-27-26-28-33-40-47-54-61-74(3)4/h74-79,84H,8-73H2,1-7H3,(H,89,90)(H,91,92)/t76?,77-,78-,79-/m1/s1. The van der Waals surface area contributed by atoms with Crippen LogP contribution in [0.5, 0.6) is 0 Å². The topological polar surface area (TPSA) is 237 Å². The molecule has 0 amide bonds. The molecule has 0 saturated carbocycles. The maximum Gasteiger partial charge on any atom is 0.472 e. The molecule has 0 saturated heterocycles. The van der Waals surface area contributed by atoms with Crippen molar-refractivity contribution in [1.82, 2.24) is 0 Å². The molecule has 0 spiro atoms. The Morgan fingerprint density at radius 3 is 0.745 bits per heavy atom. The highest BCUT2D eigenvalue weighted by Crippen LogP contribution is 2.45. The summed E-state index contributed by atoms with van der Waals surface area (Å²) in [6, 6.07) is 0. The van der Waals surface area contributed by atoms with Crippen molar-refractivity contribution in [2.24, 2.45) is 17.8 Å². The SMILES string of the molecule is CCCCCCCCCCCCCCCCCCCCC(=O)OC[C@H](COP(=O)(O)OC[C@@H](O)COP(=O)(O)OC[C@@H](COC(=O)CCCCCCCCCCC(C)C)OC(=O)CCCCCCCCCCCCCCC(C)C)OC(=O)CCCCCCCCCCCCCCCCC(C)CC. The van der Waals surface area contributed by atoms with Gasteiger partial charge in [0.15, 0.2) is 12.2 Å². The Hall–Kier alpha value is -1.94. The Balaban J connectivity index is 5.26. The van der Waals surface area contributed by atoms with Gasteiger partial charge in [0.25, 0.3) is 0 Å². The van der Waals surface area contributed by atoms with E-state index in [4.69, 9.17) is 37.0 Å². The van der Waals surface area contributed by atoms with E-state index < -0.39 is 97.5 Å². The number of hydrogen-bond donors (Lipinski definition) is 3. The molecule has 0 aromatic heterocycles. The summed E-state index contributed by atoms with van der Waals surface area (Å²) < 4.78 is 68.8. The van der Waals surface area contributed by atoms with Crippen molar-refractivity contribution in [2.75, 3.05) is 39.6 Å². The molecule has 0 aromatic rings. The van der Waals surface area contributed by atoms with E-state index >= 15 is 0 Å². The van der Waals surface area contributed by atoms with Gasteiger partial charge in [-0.15, -0.1) is 0 Å². The van der Waals surface area contributed by atoms with Crippen LogP contribution in [0.4, 0.5) is 0 Å². The lowest BCUT2D eigenvalue weighted by molar-refractivity contribution is -0.161. The Kier molecular flexibility index (Phi) is 71.8. The zero-order chi connectivity index (χ0) is 75.1. The third kappa shape index (κ3) is 74.9. The number of aliphatic hydroxyl groups excluding tert-OH is 1. The van der Waals surface area contributed by atoms with Crippen molar-refractivity contribution in [3.8, 4) is 0 Å². The summed E-state index contributed by atoms with van der Waals surface area (Å²) in [5.41, 5.74) is 0. The van der Waals surface area contributed by atoms with Crippen LogP contribution in [-0.2, 0) is 65.4 Å². The van der Waals surface area contributed by atoms with Crippen LogP contribution < -0.4 is 0 Å². The first-order valence-corrected chi connectivity index (χ1v) is 45.9. The highest BCUT2D eigenvalue weighted by molar-refractivity contribution is 7.47. The van der Waals surface area contributed by atoms with Crippen molar-refractivity contribution in [3.63, 3.8) is 0 Å². The Labute approximate surface area is 626 Å². The molecule has 0 heterocycles. The summed E-state index contributed by atoms with van der Waals surface area (Å²) >= 11 is 0. The smallest absolute Gasteiger partial charge is 0.462 e. The molecule has 6 atom stereocenters. The molecule has 0 aromatic carbocycles. The van der Waals surface area contributed by atoms with E-state index in [1.165, 1.54) is 244 Å². The van der Waals surface area contributed by atoms with E-state index in [1.807, 2.05) is 0 Å². The fraction of sp³-hybridized carbons (Fsp3) is 0.952. The molecule has 0 aliphatic carbocycles. The van der Waals surface area contributed by atoms with Gasteiger partial charge in [-0.25, -0.2) is 9.13 Å². The number of aliphatic hydroxyl groups is 1. The monoisotopic (exact) mass is 1490 g/mol. The van der Waals surface area contributed by atoms with Crippen LogP contribution in [0, 0.1) is 17.8 Å². The normalized spacial score (nSPS) is 14.2. The van der Waals surface area contributed by atoms with Gasteiger partial charge in [-0.2, -0.15) is 0 Å². The summed E-state index contributed by atoms with van der Waals surface area (Å²) in [6.07, 6.45) is 62.4. The van der Waals surface area contributed by atoms with E-state index in [9.17, 15) is 43.2 Å². The van der Waals surface area contributed by atoms with Crippen molar-refractivity contribution < 1.29 is 80.2 Å². The van der Waals surface area contributed by atoms with Gasteiger partial charge >= 0.3 is 39.5 Å². The molecule has 0 bridgehead atoms. The predicted molar refractivity (Wildman–Crippen MR) is 418 cm³/mol. The number of carbonyl (C=O) groups excluding carboxylic acids is 4. The second-order valence-electron chi connectivity index (χ2n) is 31.1. The lowest BCUT2D eigenvalue weighted by Gasteiger charge is -2.21. The van der Waals surface area contributed by atoms with Crippen molar-refractivity contribution in [3.05, 3.63) is 0 Å². The maximum absolute atomic E-state index is 13.1. The highest BCUT2D eigenvalue weighted by Gasteiger charge is 2.30. The molecule has 0 aliphatic heterocycles. The summed E-state index contributed by atoms with van der Waals surface area (Å²) in [7, 11) is -9.93. The fourth-order valence-corrected chi connectivity index (χ4v) is 14.4. The number of rotatable bonds is 81. The number of esters is 4. The molecule has 19 heteroatoms. The van der Waals surface area contributed by atoms with Crippen LogP contribution in [0.1, 0.15) is 434 Å². The van der Waals surface area contributed by atoms with Crippen LogP contribution in [0.15, 0.2) is 0 Å². The van der Waals surface area contributed by atoms with Gasteiger partial charge in [0, 0.05) is 25.7 Å². The summed E-state index contributed by atoms with van der Waals surface area (Å²) in [6.45, 7) is 12.0. The van der Waals surface area contributed by atoms with Crippen LogP contribution in [0.25, 0.3) is 0 Å². The molecule has 0 fully saturated rings. The second kappa shape index (κ2) is 73.2. The lowest BCUT2D eigenvalue weighted by Crippen LogP contribution is -2.30. The van der Waals surface area contributed by atoms with Gasteiger partial charge < -0.3 is 33.8 Å². The minimum absolute atomic E-state index is 0.106. The number of phosphoric acid groups is 2. The second-order valence-corrected chi connectivity index (χ2v) is 34.0. The van der Waals surface area contributed by atoms with Gasteiger partial charge in [-0.05, 0) is 43.4 Å². The highest BCUT2D eigenvalue weighted by atomic mass is 31.2. The molecule has 606 valence electrons. The Bertz CT molecular complexity index is 1980. The van der Waals surface area contributed by atoms with Crippen LogP contribution in [0.3, 0.4) is 0 Å². The van der Waals surface area contributed by atoms with Crippen molar-refractivity contribution in [2.45, 2.75) is 452 Å². The average Bonchev–Trinajstić information content (AvgIpc) is 0.930. The largest absolute Gasteiger partial charge is 0.472 e. The Morgan fingerprint density at radius 1 is 0.284 bits per heavy atom. The first-order chi connectivity index (χ1) is 49.3. The van der Waals surface area contributed by atoms with Crippen LogP contribution in [-0.4, -0.2) is 96.7 Å². The van der Waals surface area contributed by atoms with Crippen molar-refractivity contribution >= 4 is 39.5 Å². The molecule has 17 nitrogen and oxygen atoms in total. The molecule has 3 N–H and O–H groups in total. The molecule has 0 rings (SSSR count). The summed E-state index contributed by atoms with van der Waals surface area (Å²) in [5.74, 6) is 0.240. The fourth-order valence-electron chi connectivity index (χ4n) is 12.8. The van der Waals surface area contributed by atoms with Crippen molar-refractivity contribution in [1.29, 1.82) is 0 Å². The third-order valence-corrected chi connectivity index (χ3v) is 21.6. The molecular weight excluding hydrogens is 1330 g/mol. The van der Waals surface area contributed by atoms with E-state index in [0.29, 0.717) is 25.7 Å². The minimum atomic E-state index is -4.96. The van der Waals surface area contributed by atoms with Gasteiger partial charge in [-0.3, -0.25) is 37.3 Å². The van der Waals surface area contributed by atoms with Gasteiger partial charge in [-0.1, -0.05) is 382 Å². The van der Waals surface area contributed by atoms with Gasteiger partial charge in [0.05, 0.1) is 26.4 Å². The van der Waals surface area contributed by atoms with E-state index in [-0.39, 0.29) is 25.7 Å². The third-order valence-electron chi connectivity index (χ3n) is 19.7. The number of unbranched alkanes of at least 4 members (excludes halogenated alkanes) is 48. The lowest BCUT2D eigenvalue weighted by atomic mass is 9.99. The predicted octanol–water partition coefficient (Wildman–Crippen LogP) is 24.9. The number of ether oxygens (including phenoxy) is 4. The number of phosphoric ester groups is 2. The molecule has 3 unspecified atom stereocenters.